The lowest BCUT2D eigenvalue weighted by Gasteiger charge is -2.18. The second-order valence-electron chi connectivity index (χ2n) is 6.24. The SMILES string of the molecule is COc1ccc(OC)c([C@H](C)NC(=O)COC(=O)c2ccccc2S(C)(=O)=O)c1. The molecule has 0 aliphatic rings. The van der Waals surface area contributed by atoms with Gasteiger partial charge in [-0.2, -0.15) is 0 Å². The Balaban J connectivity index is 2.05. The van der Waals surface area contributed by atoms with Crippen LogP contribution in [-0.2, 0) is 19.4 Å². The molecule has 0 unspecified atom stereocenters. The summed E-state index contributed by atoms with van der Waals surface area (Å²) in [5.74, 6) is -0.274. The van der Waals surface area contributed by atoms with Crippen molar-refractivity contribution in [2.45, 2.75) is 17.9 Å². The zero-order valence-electron chi connectivity index (χ0n) is 16.6. The van der Waals surface area contributed by atoms with Crippen molar-refractivity contribution in [3.8, 4) is 11.5 Å². The minimum Gasteiger partial charge on any atom is -0.497 e. The van der Waals surface area contributed by atoms with Crippen molar-refractivity contribution in [1.29, 1.82) is 0 Å². The van der Waals surface area contributed by atoms with Crippen LogP contribution >= 0.6 is 0 Å². The third-order valence-electron chi connectivity index (χ3n) is 4.12. The Kier molecular flexibility index (Phi) is 7.22. The van der Waals surface area contributed by atoms with E-state index in [4.69, 9.17) is 14.2 Å². The van der Waals surface area contributed by atoms with Crippen LogP contribution in [0.5, 0.6) is 11.5 Å². The fourth-order valence-corrected chi connectivity index (χ4v) is 3.58. The van der Waals surface area contributed by atoms with Gasteiger partial charge in [0, 0.05) is 11.8 Å². The molecule has 0 fully saturated rings. The fraction of sp³-hybridized carbons (Fsp3) is 0.300. The van der Waals surface area contributed by atoms with Gasteiger partial charge in [-0.05, 0) is 37.3 Å². The topological polar surface area (TPSA) is 108 Å². The number of amides is 1. The Hall–Kier alpha value is -3.07. The van der Waals surface area contributed by atoms with E-state index in [-0.39, 0.29) is 10.5 Å². The molecule has 9 heteroatoms. The maximum absolute atomic E-state index is 12.3. The second kappa shape index (κ2) is 9.42. The van der Waals surface area contributed by atoms with Gasteiger partial charge >= 0.3 is 5.97 Å². The third-order valence-corrected chi connectivity index (χ3v) is 5.28. The number of rotatable bonds is 8. The highest BCUT2D eigenvalue weighted by atomic mass is 32.2. The summed E-state index contributed by atoms with van der Waals surface area (Å²) in [5.41, 5.74) is 0.569. The molecule has 2 aromatic rings. The maximum atomic E-state index is 12.3. The molecule has 2 aromatic carbocycles. The van der Waals surface area contributed by atoms with Crippen LogP contribution < -0.4 is 14.8 Å². The summed E-state index contributed by atoms with van der Waals surface area (Å²) in [6.45, 7) is 1.18. The van der Waals surface area contributed by atoms with Crippen molar-refractivity contribution >= 4 is 21.7 Å². The van der Waals surface area contributed by atoms with Gasteiger partial charge in [-0.15, -0.1) is 0 Å². The molecule has 0 bridgehead atoms. The van der Waals surface area contributed by atoms with Gasteiger partial charge in [0.1, 0.15) is 11.5 Å². The van der Waals surface area contributed by atoms with Gasteiger partial charge in [0.05, 0.1) is 30.7 Å². The van der Waals surface area contributed by atoms with E-state index in [1.165, 1.54) is 38.5 Å². The monoisotopic (exact) mass is 421 g/mol. The molecular formula is C20H23NO7S. The first-order chi connectivity index (χ1) is 13.7. The summed E-state index contributed by atoms with van der Waals surface area (Å²) < 4.78 is 39.1. The molecule has 0 spiro atoms. The maximum Gasteiger partial charge on any atom is 0.339 e. The summed E-state index contributed by atoms with van der Waals surface area (Å²) >= 11 is 0. The van der Waals surface area contributed by atoms with Gasteiger partial charge in [0.2, 0.25) is 0 Å². The van der Waals surface area contributed by atoms with Gasteiger partial charge < -0.3 is 19.5 Å². The van der Waals surface area contributed by atoms with Gasteiger partial charge in [-0.1, -0.05) is 12.1 Å². The Morgan fingerprint density at radius 2 is 1.76 bits per heavy atom. The summed E-state index contributed by atoms with van der Waals surface area (Å²) in [6, 6.07) is 10.4. The highest BCUT2D eigenvalue weighted by Gasteiger charge is 2.21. The predicted molar refractivity (Wildman–Crippen MR) is 106 cm³/mol. The molecule has 29 heavy (non-hydrogen) atoms. The predicted octanol–water partition coefficient (Wildman–Crippen LogP) is 2.14. The van der Waals surface area contributed by atoms with E-state index in [2.05, 4.69) is 5.32 Å². The number of hydrogen-bond donors (Lipinski definition) is 1. The minimum absolute atomic E-state index is 0.120. The average molecular weight is 421 g/mol. The summed E-state index contributed by atoms with van der Waals surface area (Å²) in [7, 11) is -0.568. The first-order valence-electron chi connectivity index (χ1n) is 8.65. The average Bonchev–Trinajstić information content (AvgIpc) is 2.70. The number of hydrogen-bond acceptors (Lipinski definition) is 7. The minimum atomic E-state index is -3.61. The van der Waals surface area contributed by atoms with Gasteiger partial charge in [-0.25, -0.2) is 13.2 Å². The second-order valence-corrected chi connectivity index (χ2v) is 8.23. The molecule has 0 heterocycles. The van der Waals surface area contributed by atoms with E-state index >= 15 is 0 Å². The lowest BCUT2D eigenvalue weighted by atomic mass is 10.1. The number of carbonyl (C=O) groups excluding carboxylic acids is 2. The lowest BCUT2D eigenvalue weighted by Crippen LogP contribution is -2.31. The van der Waals surface area contributed by atoms with Crippen LogP contribution in [0.25, 0.3) is 0 Å². The number of ether oxygens (including phenoxy) is 3. The Labute approximate surface area is 169 Å². The Morgan fingerprint density at radius 1 is 1.07 bits per heavy atom. The van der Waals surface area contributed by atoms with E-state index in [0.29, 0.717) is 17.1 Å². The van der Waals surface area contributed by atoms with E-state index in [0.717, 1.165) is 6.26 Å². The van der Waals surface area contributed by atoms with Crippen molar-refractivity contribution in [2.75, 3.05) is 27.1 Å². The van der Waals surface area contributed by atoms with Gasteiger partial charge in [0.15, 0.2) is 16.4 Å². The number of sulfone groups is 1. The van der Waals surface area contributed by atoms with Crippen LogP contribution in [0, 0.1) is 0 Å². The summed E-state index contributed by atoms with van der Waals surface area (Å²) in [4.78, 5) is 24.3. The van der Waals surface area contributed by atoms with Crippen molar-refractivity contribution in [3.63, 3.8) is 0 Å². The van der Waals surface area contributed by atoms with Crippen LogP contribution in [0.4, 0.5) is 0 Å². The van der Waals surface area contributed by atoms with E-state index in [9.17, 15) is 18.0 Å². The Morgan fingerprint density at radius 3 is 2.38 bits per heavy atom. The van der Waals surface area contributed by atoms with E-state index in [1.54, 1.807) is 25.1 Å². The fourth-order valence-electron chi connectivity index (χ4n) is 2.71. The van der Waals surface area contributed by atoms with Gasteiger partial charge in [-0.3, -0.25) is 4.79 Å². The van der Waals surface area contributed by atoms with Gasteiger partial charge in [0.25, 0.3) is 5.91 Å². The van der Waals surface area contributed by atoms with Crippen LogP contribution in [0.2, 0.25) is 0 Å². The zero-order chi connectivity index (χ0) is 21.6. The summed E-state index contributed by atoms with van der Waals surface area (Å²) in [6.07, 6.45) is 0.995. The third kappa shape index (κ3) is 5.71. The van der Waals surface area contributed by atoms with Crippen LogP contribution in [0.3, 0.4) is 0 Å². The Bertz CT molecular complexity index is 1000. The molecule has 0 aliphatic heterocycles. The molecule has 0 saturated carbocycles. The number of benzene rings is 2. The first kappa shape index (κ1) is 22.2. The van der Waals surface area contributed by atoms with E-state index in [1.807, 2.05) is 0 Å². The highest BCUT2D eigenvalue weighted by molar-refractivity contribution is 7.90. The molecule has 156 valence electrons. The number of nitrogens with one attached hydrogen (secondary N) is 1. The first-order valence-corrected chi connectivity index (χ1v) is 10.5. The normalized spacial score (nSPS) is 12.0. The molecule has 1 atom stereocenters. The largest absolute Gasteiger partial charge is 0.497 e. The van der Waals surface area contributed by atoms with Crippen molar-refractivity contribution in [1.82, 2.24) is 5.32 Å². The number of carbonyl (C=O) groups is 2. The summed E-state index contributed by atoms with van der Waals surface area (Å²) in [5, 5.41) is 2.70. The highest BCUT2D eigenvalue weighted by Crippen LogP contribution is 2.29. The number of esters is 1. The quantitative estimate of drug-likeness (QED) is 0.651. The molecule has 2 rings (SSSR count). The zero-order valence-corrected chi connectivity index (χ0v) is 17.4. The smallest absolute Gasteiger partial charge is 0.339 e. The molecule has 1 amide bonds. The molecule has 1 N–H and O–H groups in total. The lowest BCUT2D eigenvalue weighted by molar-refractivity contribution is -0.124. The molecule has 8 nitrogen and oxygen atoms in total. The molecule has 0 saturated heterocycles. The molecule has 0 radical (unpaired) electrons. The molecule has 0 aliphatic carbocycles. The molecular weight excluding hydrogens is 398 g/mol. The van der Waals surface area contributed by atoms with Crippen LogP contribution in [0.1, 0.15) is 28.9 Å². The van der Waals surface area contributed by atoms with Crippen LogP contribution in [0.15, 0.2) is 47.4 Å². The molecule has 0 aromatic heterocycles. The van der Waals surface area contributed by atoms with Crippen LogP contribution in [-0.4, -0.2) is 47.4 Å². The number of methoxy groups -OCH3 is 2. The standard InChI is InChI=1S/C20H23NO7S/c1-13(16-11-14(26-2)9-10-17(16)27-3)21-19(22)12-28-20(23)15-7-5-6-8-18(15)29(4,24)25/h5-11,13H,12H2,1-4H3,(H,21,22)/t13-/m0/s1. The van der Waals surface area contributed by atoms with Crippen molar-refractivity contribution < 1.29 is 32.2 Å². The van der Waals surface area contributed by atoms with Crippen molar-refractivity contribution in [3.05, 3.63) is 53.6 Å². The van der Waals surface area contributed by atoms with Crippen molar-refractivity contribution in [2.24, 2.45) is 0 Å². The van der Waals surface area contributed by atoms with E-state index < -0.39 is 34.4 Å².